The standard InChI is InChI=1S/C4H4F2O2/c1-3-2-7-4(5,6)8-3/h2H,1H3. The average Bonchev–Trinajstić information content (AvgIpc) is 1.82. The maximum absolute atomic E-state index is 11.7. The van der Waals surface area contributed by atoms with E-state index in [4.69, 9.17) is 0 Å². The molecular formula is C4H4F2O2. The van der Waals surface area contributed by atoms with Crippen LogP contribution in [-0.4, -0.2) is 6.29 Å². The fraction of sp³-hybridized carbons (Fsp3) is 0.500. The summed E-state index contributed by atoms with van der Waals surface area (Å²) in [5.41, 5.74) is 0. The van der Waals surface area contributed by atoms with Gasteiger partial charge in [-0.25, -0.2) is 0 Å². The van der Waals surface area contributed by atoms with Crippen LogP contribution in [0.1, 0.15) is 6.92 Å². The van der Waals surface area contributed by atoms with E-state index in [1.807, 2.05) is 0 Å². The van der Waals surface area contributed by atoms with E-state index in [9.17, 15) is 8.78 Å². The van der Waals surface area contributed by atoms with Crippen LogP contribution in [0.25, 0.3) is 0 Å². The first kappa shape index (κ1) is 5.34. The minimum atomic E-state index is -3.43. The summed E-state index contributed by atoms with van der Waals surface area (Å²) in [4.78, 5) is 0. The second-order valence-electron chi connectivity index (χ2n) is 1.41. The monoisotopic (exact) mass is 122 g/mol. The Morgan fingerprint density at radius 3 is 2.38 bits per heavy atom. The number of rotatable bonds is 0. The van der Waals surface area contributed by atoms with Crippen molar-refractivity contribution in [3.05, 3.63) is 12.0 Å². The van der Waals surface area contributed by atoms with Crippen LogP contribution < -0.4 is 0 Å². The average molecular weight is 122 g/mol. The lowest BCUT2D eigenvalue weighted by molar-refractivity contribution is -0.333. The van der Waals surface area contributed by atoms with Gasteiger partial charge in [0.25, 0.3) is 0 Å². The molecule has 1 aliphatic heterocycles. The number of hydrogen-bond acceptors (Lipinski definition) is 2. The minimum absolute atomic E-state index is 0.0926. The van der Waals surface area contributed by atoms with E-state index in [2.05, 4.69) is 9.47 Å². The van der Waals surface area contributed by atoms with E-state index in [1.165, 1.54) is 6.92 Å². The molecule has 0 unspecified atom stereocenters. The van der Waals surface area contributed by atoms with Crippen LogP contribution in [0.5, 0.6) is 0 Å². The molecule has 8 heavy (non-hydrogen) atoms. The molecule has 0 saturated heterocycles. The fourth-order valence-electron chi connectivity index (χ4n) is 0.387. The summed E-state index contributed by atoms with van der Waals surface area (Å²) in [6, 6.07) is 0. The molecule has 0 bridgehead atoms. The summed E-state index contributed by atoms with van der Waals surface area (Å²) in [6.45, 7) is 1.39. The first-order chi connectivity index (χ1) is 3.60. The van der Waals surface area contributed by atoms with Crippen LogP contribution in [0, 0.1) is 0 Å². The van der Waals surface area contributed by atoms with Crippen molar-refractivity contribution in [1.29, 1.82) is 0 Å². The first-order valence-corrected chi connectivity index (χ1v) is 2.01. The summed E-state index contributed by atoms with van der Waals surface area (Å²) in [5, 5.41) is 0. The van der Waals surface area contributed by atoms with Gasteiger partial charge in [0.15, 0.2) is 0 Å². The van der Waals surface area contributed by atoms with Gasteiger partial charge in [-0.15, -0.1) is 8.78 Å². The molecule has 0 aromatic carbocycles. The van der Waals surface area contributed by atoms with Crippen LogP contribution in [0.2, 0.25) is 0 Å². The lowest BCUT2D eigenvalue weighted by Crippen LogP contribution is -2.15. The molecule has 0 aromatic rings. The highest BCUT2D eigenvalue weighted by Gasteiger charge is 2.38. The second-order valence-corrected chi connectivity index (χ2v) is 1.41. The summed E-state index contributed by atoms with van der Waals surface area (Å²) in [7, 11) is 0. The maximum Gasteiger partial charge on any atom is 0.585 e. The van der Waals surface area contributed by atoms with Gasteiger partial charge < -0.3 is 9.47 Å². The van der Waals surface area contributed by atoms with Crippen molar-refractivity contribution < 1.29 is 18.3 Å². The van der Waals surface area contributed by atoms with Gasteiger partial charge in [-0.2, -0.15) is 0 Å². The minimum Gasteiger partial charge on any atom is -0.404 e. The number of allylic oxidation sites excluding steroid dienone is 1. The molecule has 0 saturated carbocycles. The molecular weight excluding hydrogens is 118 g/mol. The highest BCUT2D eigenvalue weighted by molar-refractivity contribution is 4.86. The third kappa shape index (κ3) is 0.882. The smallest absolute Gasteiger partial charge is 0.404 e. The molecule has 1 heterocycles. The number of ether oxygens (including phenoxy) is 2. The number of hydrogen-bond donors (Lipinski definition) is 0. The maximum atomic E-state index is 11.7. The third-order valence-corrected chi connectivity index (χ3v) is 0.642. The zero-order valence-electron chi connectivity index (χ0n) is 4.15. The molecule has 46 valence electrons. The molecule has 0 fully saturated rings. The van der Waals surface area contributed by atoms with Gasteiger partial charge in [-0.05, 0) is 6.92 Å². The molecule has 0 atom stereocenters. The molecule has 0 amide bonds. The summed E-state index contributed by atoms with van der Waals surface area (Å²) >= 11 is 0. The van der Waals surface area contributed by atoms with Crippen molar-refractivity contribution in [2.75, 3.05) is 0 Å². The summed E-state index contributed by atoms with van der Waals surface area (Å²) in [6.07, 6.45) is -2.55. The lowest BCUT2D eigenvalue weighted by atomic mass is 10.7. The molecule has 0 aliphatic carbocycles. The highest BCUT2D eigenvalue weighted by atomic mass is 19.3. The Hall–Kier alpha value is -0.800. The van der Waals surface area contributed by atoms with Gasteiger partial charge in [0.1, 0.15) is 12.0 Å². The predicted molar refractivity (Wildman–Crippen MR) is 20.9 cm³/mol. The molecule has 0 N–H and O–H groups in total. The molecule has 1 aliphatic rings. The summed E-state index contributed by atoms with van der Waals surface area (Å²) in [5.74, 6) is 0.0926. The van der Waals surface area contributed by atoms with E-state index < -0.39 is 6.29 Å². The Morgan fingerprint density at radius 2 is 2.25 bits per heavy atom. The van der Waals surface area contributed by atoms with Crippen molar-refractivity contribution in [3.8, 4) is 0 Å². The lowest BCUT2D eigenvalue weighted by Gasteiger charge is -2.05. The topological polar surface area (TPSA) is 18.5 Å². The van der Waals surface area contributed by atoms with Crippen LogP contribution >= 0.6 is 0 Å². The van der Waals surface area contributed by atoms with Crippen LogP contribution in [0.4, 0.5) is 8.78 Å². The third-order valence-electron chi connectivity index (χ3n) is 0.642. The van der Waals surface area contributed by atoms with Crippen molar-refractivity contribution in [2.24, 2.45) is 0 Å². The van der Waals surface area contributed by atoms with Crippen LogP contribution in [-0.2, 0) is 9.47 Å². The molecule has 4 heteroatoms. The van der Waals surface area contributed by atoms with Crippen molar-refractivity contribution in [1.82, 2.24) is 0 Å². The number of alkyl halides is 2. The quantitative estimate of drug-likeness (QED) is 0.484. The van der Waals surface area contributed by atoms with Gasteiger partial charge in [0.05, 0.1) is 0 Å². The SMILES string of the molecule is CC1=COC(F)(F)O1. The first-order valence-electron chi connectivity index (χ1n) is 2.01. The van der Waals surface area contributed by atoms with E-state index in [0.29, 0.717) is 0 Å². The van der Waals surface area contributed by atoms with Gasteiger partial charge in [0, 0.05) is 0 Å². The Labute approximate surface area is 44.7 Å². The van der Waals surface area contributed by atoms with E-state index in [-0.39, 0.29) is 5.76 Å². The van der Waals surface area contributed by atoms with Crippen molar-refractivity contribution in [2.45, 2.75) is 13.2 Å². The Morgan fingerprint density at radius 1 is 1.62 bits per heavy atom. The van der Waals surface area contributed by atoms with Gasteiger partial charge in [-0.3, -0.25) is 0 Å². The Kier molecular flexibility index (Phi) is 0.892. The van der Waals surface area contributed by atoms with E-state index >= 15 is 0 Å². The van der Waals surface area contributed by atoms with E-state index in [1.54, 1.807) is 0 Å². The van der Waals surface area contributed by atoms with E-state index in [0.717, 1.165) is 6.26 Å². The fourth-order valence-corrected chi connectivity index (χ4v) is 0.387. The molecule has 0 aromatic heterocycles. The van der Waals surface area contributed by atoms with Gasteiger partial charge in [0.2, 0.25) is 0 Å². The normalized spacial score (nSPS) is 23.6. The van der Waals surface area contributed by atoms with Crippen molar-refractivity contribution in [3.63, 3.8) is 0 Å². The molecule has 0 radical (unpaired) electrons. The number of halogens is 2. The zero-order valence-corrected chi connectivity index (χ0v) is 4.15. The second kappa shape index (κ2) is 1.34. The predicted octanol–water partition coefficient (Wildman–Crippen LogP) is 1.44. The summed E-state index contributed by atoms with van der Waals surface area (Å²) < 4.78 is 31.0. The zero-order chi connectivity index (χ0) is 6.20. The van der Waals surface area contributed by atoms with Crippen molar-refractivity contribution >= 4 is 0 Å². The highest BCUT2D eigenvalue weighted by Crippen LogP contribution is 2.27. The van der Waals surface area contributed by atoms with Crippen LogP contribution in [0.3, 0.4) is 0 Å². The molecule has 0 spiro atoms. The van der Waals surface area contributed by atoms with Crippen LogP contribution in [0.15, 0.2) is 12.0 Å². The molecule has 2 nitrogen and oxygen atoms in total. The largest absolute Gasteiger partial charge is 0.585 e. The Bertz CT molecular complexity index is 130. The van der Waals surface area contributed by atoms with Gasteiger partial charge in [-0.1, -0.05) is 0 Å². The molecule has 1 rings (SSSR count). The van der Waals surface area contributed by atoms with Gasteiger partial charge >= 0.3 is 6.29 Å². The Balaban J connectivity index is 2.55.